The van der Waals surface area contributed by atoms with Crippen molar-refractivity contribution in [1.82, 2.24) is 4.90 Å². The number of alkyl halides is 6. The van der Waals surface area contributed by atoms with E-state index in [0.29, 0.717) is 31.6 Å². The first-order valence-electron chi connectivity index (χ1n) is 9.13. The number of hydrogen-bond acceptors (Lipinski definition) is 4. The third kappa shape index (κ3) is 5.44. The third-order valence-corrected chi connectivity index (χ3v) is 6.12. The molecule has 1 heterocycles. The molecule has 0 spiro atoms. The molecule has 32 heavy (non-hydrogen) atoms. The minimum absolute atomic E-state index is 0.182. The standard InChI is InChI=1S/C19H17F7N2O3S/c1-28-7-6-12(10-28)31-17-8-11(2-4-15(17)19(24,25)26)27-32(29,30)13-3-5-14(16(20)9-13)18(21,22)23/h2-5,8-9,12,27H,6-7,10H2,1H3/t12-/m1/s1. The number of anilines is 1. The van der Waals surface area contributed by atoms with E-state index < -0.39 is 56.1 Å². The lowest BCUT2D eigenvalue weighted by Gasteiger charge is -2.19. The summed E-state index contributed by atoms with van der Waals surface area (Å²) in [4.78, 5) is 1.02. The monoisotopic (exact) mass is 486 g/mol. The van der Waals surface area contributed by atoms with Crippen molar-refractivity contribution in [2.75, 3.05) is 24.9 Å². The van der Waals surface area contributed by atoms with Crippen LogP contribution in [0.15, 0.2) is 41.3 Å². The molecule has 0 bridgehead atoms. The molecule has 5 nitrogen and oxygen atoms in total. The first-order chi connectivity index (χ1) is 14.7. The summed E-state index contributed by atoms with van der Waals surface area (Å²) < 4.78 is 124. The van der Waals surface area contributed by atoms with Crippen LogP contribution in [-0.4, -0.2) is 39.6 Å². The van der Waals surface area contributed by atoms with Gasteiger partial charge in [-0.25, -0.2) is 12.8 Å². The van der Waals surface area contributed by atoms with Crippen molar-refractivity contribution >= 4 is 15.7 Å². The van der Waals surface area contributed by atoms with Crippen LogP contribution in [0.2, 0.25) is 0 Å². The van der Waals surface area contributed by atoms with Crippen molar-refractivity contribution in [2.45, 2.75) is 29.8 Å². The van der Waals surface area contributed by atoms with E-state index in [1.165, 1.54) is 0 Å². The molecule has 0 radical (unpaired) electrons. The summed E-state index contributed by atoms with van der Waals surface area (Å²) in [7, 11) is -2.84. The van der Waals surface area contributed by atoms with Gasteiger partial charge >= 0.3 is 12.4 Å². The quantitative estimate of drug-likeness (QED) is 0.620. The van der Waals surface area contributed by atoms with Gasteiger partial charge in [0.25, 0.3) is 10.0 Å². The van der Waals surface area contributed by atoms with E-state index in [-0.39, 0.29) is 17.8 Å². The Balaban J connectivity index is 1.91. The van der Waals surface area contributed by atoms with E-state index in [2.05, 4.69) is 0 Å². The second kappa shape index (κ2) is 8.43. The van der Waals surface area contributed by atoms with Crippen LogP contribution in [0.25, 0.3) is 0 Å². The van der Waals surface area contributed by atoms with E-state index in [1.807, 2.05) is 9.62 Å². The van der Waals surface area contributed by atoms with Crippen LogP contribution in [0.1, 0.15) is 17.5 Å². The summed E-state index contributed by atoms with van der Waals surface area (Å²) >= 11 is 0. The Labute approximate surface area is 178 Å². The highest BCUT2D eigenvalue weighted by Gasteiger charge is 2.37. The Morgan fingerprint density at radius 2 is 1.62 bits per heavy atom. The highest BCUT2D eigenvalue weighted by Crippen LogP contribution is 2.39. The third-order valence-electron chi connectivity index (χ3n) is 4.74. The van der Waals surface area contributed by atoms with Gasteiger partial charge in [-0.2, -0.15) is 26.3 Å². The van der Waals surface area contributed by atoms with E-state index in [1.54, 1.807) is 7.05 Å². The maximum absolute atomic E-state index is 13.8. The average Bonchev–Trinajstić information content (AvgIpc) is 3.04. The number of nitrogens with zero attached hydrogens (tertiary/aromatic N) is 1. The van der Waals surface area contributed by atoms with Gasteiger partial charge < -0.3 is 9.64 Å². The summed E-state index contributed by atoms with van der Waals surface area (Å²) in [6.07, 6.45) is -9.87. The Kier molecular flexibility index (Phi) is 6.35. The zero-order chi connectivity index (χ0) is 23.9. The Hall–Kier alpha value is -2.54. The molecule has 1 aliphatic rings. The molecular weight excluding hydrogens is 469 g/mol. The molecule has 1 aliphatic heterocycles. The summed E-state index contributed by atoms with van der Waals surface area (Å²) in [5.41, 5.74) is -3.10. The number of hydrogen-bond donors (Lipinski definition) is 1. The molecule has 1 fully saturated rings. The van der Waals surface area contributed by atoms with Crippen LogP contribution in [0.4, 0.5) is 36.4 Å². The number of ether oxygens (including phenoxy) is 1. The maximum Gasteiger partial charge on any atom is 0.419 e. The molecule has 0 unspecified atom stereocenters. The molecule has 1 atom stereocenters. The summed E-state index contributed by atoms with van der Waals surface area (Å²) in [6.45, 7) is 0.982. The number of halogens is 7. The predicted molar refractivity (Wildman–Crippen MR) is 100 cm³/mol. The number of sulfonamides is 1. The fourth-order valence-electron chi connectivity index (χ4n) is 3.19. The van der Waals surface area contributed by atoms with Crippen LogP contribution < -0.4 is 9.46 Å². The molecule has 2 aromatic rings. The van der Waals surface area contributed by atoms with Crippen LogP contribution in [0.5, 0.6) is 5.75 Å². The van der Waals surface area contributed by atoms with Crippen LogP contribution in [-0.2, 0) is 22.4 Å². The first kappa shape index (κ1) is 24.1. The van der Waals surface area contributed by atoms with Gasteiger partial charge in [0.2, 0.25) is 0 Å². The van der Waals surface area contributed by atoms with Gasteiger partial charge in [-0.3, -0.25) is 4.72 Å². The highest BCUT2D eigenvalue weighted by atomic mass is 32.2. The van der Waals surface area contributed by atoms with E-state index in [4.69, 9.17) is 4.74 Å². The maximum atomic E-state index is 13.8. The van der Waals surface area contributed by atoms with E-state index in [9.17, 15) is 39.2 Å². The fourth-order valence-corrected chi connectivity index (χ4v) is 4.26. The molecule has 0 aliphatic carbocycles. The molecular formula is C19H17F7N2O3S. The van der Waals surface area contributed by atoms with Crippen molar-refractivity contribution in [3.05, 3.63) is 53.3 Å². The topological polar surface area (TPSA) is 58.6 Å². The minimum Gasteiger partial charge on any atom is -0.488 e. The van der Waals surface area contributed by atoms with Crippen LogP contribution in [0.3, 0.4) is 0 Å². The summed E-state index contributed by atoms with van der Waals surface area (Å²) in [5.74, 6) is -2.40. The zero-order valence-electron chi connectivity index (χ0n) is 16.4. The van der Waals surface area contributed by atoms with Gasteiger partial charge in [-0.05, 0) is 43.8 Å². The van der Waals surface area contributed by atoms with Gasteiger partial charge in [-0.15, -0.1) is 0 Å². The number of likely N-dealkylation sites (tertiary alicyclic amines) is 1. The lowest BCUT2D eigenvalue weighted by Crippen LogP contribution is -2.23. The zero-order valence-corrected chi connectivity index (χ0v) is 17.2. The van der Waals surface area contributed by atoms with E-state index in [0.717, 1.165) is 12.1 Å². The van der Waals surface area contributed by atoms with Crippen molar-refractivity contribution in [3.63, 3.8) is 0 Å². The molecule has 0 saturated carbocycles. The Bertz CT molecular complexity index is 1100. The van der Waals surface area contributed by atoms with Gasteiger partial charge in [0, 0.05) is 19.2 Å². The van der Waals surface area contributed by atoms with Gasteiger partial charge in [-0.1, -0.05) is 0 Å². The first-order valence-corrected chi connectivity index (χ1v) is 10.6. The highest BCUT2D eigenvalue weighted by molar-refractivity contribution is 7.92. The molecule has 1 N–H and O–H groups in total. The molecule has 176 valence electrons. The van der Waals surface area contributed by atoms with Gasteiger partial charge in [0.1, 0.15) is 17.7 Å². The van der Waals surface area contributed by atoms with Crippen molar-refractivity contribution in [2.24, 2.45) is 0 Å². The van der Waals surface area contributed by atoms with Gasteiger partial charge in [0.05, 0.1) is 21.7 Å². The minimum atomic E-state index is -5.02. The number of likely N-dealkylation sites (N-methyl/N-ethyl adjacent to an activating group) is 1. The number of rotatable bonds is 5. The second-order valence-electron chi connectivity index (χ2n) is 7.24. The van der Waals surface area contributed by atoms with Crippen LogP contribution >= 0.6 is 0 Å². The normalized spacial score (nSPS) is 18.1. The van der Waals surface area contributed by atoms with Crippen molar-refractivity contribution in [3.8, 4) is 5.75 Å². The molecule has 13 heteroatoms. The SMILES string of the molecule is CN1CC[C@@H](Oc2cc(NS(=O)(=O)c3ccc(C(F)(F)F)c(F)c3)ccc2C(F)(F)F)C1. The molecule has 0 aromatic heterocycles. The van der Waals surface area contributed by atoms with E-state index >= 15 is 0 Å². The lowest BCUT2D eigenvalue weighted by molar-refractivity contribution is -0.140. The number of nitrogens with one attached hydrogen (secondary N) is 1. The van der Waals surface area contributed by atoms with Crippen molar-refractivity contribution < 1.29 is 43.9 Å². The Morgan fingerprint density at radius 3 is 2.16 bits per heavy atom. The molecule has 0 amide bonds. The Morgan fingerprint density at radius 1 is 1.00 bits per heavy atom. The lowest BCUT2D eigenvalue weighted by atomic mass is 10.1. The largest absolute Gasteiger partial charge is 0.488 e. The van der Waals surface area contributed by atoms with Crippen molar-refractivity contribution in [1.29, 1.82) is 0 Å². The predicted octanol–water partition coefficient (Wildman–Crippen LogP) is 4.75. The smallest absolute Gasteiger partial charge is 0.419 e. The number of benzene rings is 2. The average molecular weight is 486 g/mol. The second-order valence-corrected chi connectivity index (χ2v) is 8.93. The summed E-state index contributed by atoms with van der Waals surface area (Å²) in [5, 5.41) is 0. The summed E-state index contributed by atoms with van der Waals surface area (Å²) in [6, 6.07) is 3.28. The molecule has 1 saturated heterocycles. The van der Waals surface area contributed by atoms with Crippen LogP contribution in [0, 0.1) is 5.82 Å². The molecule has 3 rings (SSSR count). The van der Waals surface area contributed by atoms with Gasteiger partial charge in [0.15, 0.2) is 0 Å². The molecule has 2 aromatic carbocycles. The fraction of sp³-hybridized carbons (Fsp3) is 0.368.